The van der Waals surface area contributed by atoms with Gasteiger partial charge in [0.15, 0.2) is 0 Å². The van der Waals surface area contributed by atoms with E-state index >= 15 is 0 Å². The molecule has 0 spiro atoms. The van der Waals surface area contributed by atoms with E-state index in [1.807, 2.05) is 10.9 Å². The number of allylic oxidation sites excluding steroid dienone is 2. The number of carbonyl (C=O) groups is 1. The monoisotopic (exact) mass is 453 g/mol. The van der Waals surface area contributed by atoms with Crippen molar-refractivity contribution >= 4 is 11.5 Å². The third-order valence-corrected chi connectivity index (χ3v) is 9.54. The summed E-state index contributed by atoms with van der Waals surface area (Å²) < 4.78 is 1.84. The highest BCUT2D eigenvalue weighted by molar-refractivity contribution is 5.96. The smallest absolute Gasteiger partial charge is 0.139 e. The van der Waals surface area contributed by atoms with Gasteiger partial charge in [0, 0.05) is 31.1 Å². The second-order valence-electron chi connectivity index (χ2n) is 11.2. The minimum Gasteiger partial charge on any atom is -0.396 e. The second-order valence-corrected chi connectivity index (χ2v) is 11.2. The van der Waals surface area contributed by atoms with Crippen LogP contribution in [0.4, 0.5) is 0 Å². The molecule has 1 aromatic heterocycles. The molecule has 7 heteroatoms. The van der Waals surface area contributed by atoms with Crippen molar-refractivity contribution in [3.8, 4) is 0 Å². The molecule has 0 bridgehead atoms. The van der Waals surface area contributed by atoms with Gasteiger partial charge in [-0.3, -0.25) is 9.48 Å². The fraction of sp³-hybridized carbons (Fsp3) is 0.769. The average molecular weight is 454 g/mol. The molecule has 0 radical (unpaired) electrons. The number of nitrogens with two attached hydrogens (primary N) is 1. The normalized spacial score (nSPS) is 36.8. The highest BCUT2D eigenvalue weighted by atomic mass is 16.6. The Kier molecular flexibility index (Phi) is 6.19. The van der Waals surface area contributed by atoms with Crippen molar-refractivity contribution < 1.29 is 9.63 Å². The van der Waals surface area contributed by atoms with Crippen molar-refractivity contribution in [3.05, 3.63) is 23.5 Å². The van der Waals surface area contributed by atoms with Gasteiger partial charge < -0.3 is 10.6 Å². The summed E-state index contributed by atoms with van der Waals surface area (Å²) in [7, 11) is 0. The molecule has 5 rings (SSSR count). The van der Waals surface area contributed by atoms with Crippen LogP contribution in [0.2, 0.25) is 0 Å². The molecule has 0 aliphatic heterocycles. The zero-order chi connectivity index (χ0) is 23.1. The fourth-order valence-corrected chi connectivity index (χ4v) is 7.52. The van der Waals surface area contributed by atoms with Gasteiger partial charge in [-0.25, -0.2) is 0 Å². The lowest BCUT2D eigenvalue weighted by Crippen LogP contribution is -2.50. The third-order valence-electron chi connectivity index (χ3n) is 9.54. The molecule has 3 unspecified atom stereocenters. The minimum atomic E-state index is -0.0332. The Morgan fingerprint density at radius 2 is 1.97 bits per heavy atom. The number of Topliss-reactive ketones (excluding diaryl/α,β-unsaturated/α-hetero) is 1. The molecule has 5 atom stereocenters. The van der Waals surface area contributed by atoms with Crippen molar-refractivity contribution in [2.45, 2.75) is 91.1 Å². The molecule has 4 aliphatic rings. The van der Waals surface area contributed by atoms with E-state index in [9.17, 15) is 4.79 Å². The van der Waals surface area contributed by atoms with E-state index in [0.717, 1.165) is 81.2 Å². The van der Waals surface area contributed by atoms with E-state index in [-0.39, 0.29) is 10.8 Å². The molecule has 33 heavy (non-hydrogen) atoms. The van der Waals surface area contributed by atoms with E-state index in [2.05, 4.69) is 35.4 Å². The SMILES string of the molecule is C[C@]12CCC(=NOCCCCn3cc(CN)nn3)C=C1CCC1C2CC[C@]2(C)C(=O)CCC12. The van der Waals surface area contributed by atoms with Crippen molar-refractivity contribution in [2.75, 3.05) is 6.61 Å². The number of carbonyl (C=O) groups excluding carboxylic acids is 1. The topological polar surface area (TPSA) is 95.4 Å². The Labute approximate surface area is 197 Å². The zero-order valence-electron chi connectivity index (χ0n) is 20.3. The van der Waals surface area contributed by atoms with Crippen LogP contribution in [0.3, 0.4) is 0 Å². The van der Waals surface area contributed by atoms with Gasteiger partial charge in [0.25, 0.3) is 0 Å². The van der Waals surface area contributed by atoms with E-state index in [1.54, 1.807) is 5.57 Å². The number of aryl methyl sites for hydroxylation is 1. The van der Waals surface area contributed by atoms with Crippen LogP contribution in [0.1, 0.15) is 83.7 Å². The average Bonchev–Trinajstić information content (AvgIpc) is 3.40. The summed E-state index contributed by atoms with van der Waals surface area (Å²) in [6, 6.07) is 0. The van der Waals surface area contributed by atoms with Crippen LogP contribution < -0.4 is 5.73 Å². The lowest BCUT2D eigenvalue weighted by molar-refractivity contribution is -0.132. The number of nitrogens with zero attached hydrogens (tertiary/aromatic N) is 4. The summed E-state index contributed by atoms with van der Waals surface area (Å²) >= 11 is 0. The van der Waals surface area contributed by atoms with E-state index in [0.29, 0.717) is 24.9 Å². The number of oxime groups is 1. The Morgan fingerprint density at radius 3 is 2.79 bits per heavy atom. The van der Waals surface area contributed by atoms with Gasteiger partial charge in [-0.1, -0.05) is 29.8 Å². The predicted octanol–water partition coefficient (Wildman–Crippen LogP) is 4.42. The van der Waals surface area contributed by atoms with Gasteiger partial charge in [0.1, 0.15) is 12.4 Å². The second kappa shape index (κ2) is 8.97. The van der Waals surface area contributed by atoms with Gasteiger partial charge in [-0.2, -0.15) is 0 Å². The minimum absolute atomic E-state index is 0.0332. The van der Waals surface area contributed by atoms with Gasteiger partial charge in [0.2, 0.25) is 0 Å². The first-order chi connectivity index (χ1) is 15.9. The highest BCUT2D eigenvalue weighted by Gasteiger charge is 2.58. The lowest BCUT2D eigenvalue weighted by atomic mass is 9.47. The Morgan fingerprint density at radius 1 is 1.12 bits per heavy atom. The number of aromatic nitrogens is 3. The molecule has 3 saturated carbocycles. The quantitative estimate of drug-likeness (QED) is 0.487. The van der Waals surface area contributed by atoms with Gasteiger partial charge in [-0.05, 0) is 87.0 Å². The summed E-state index contributed by atoms with van der Waals surface area (Å²) in [5, 5.41) is 12.6. The molecular formula is C26H39N5O2. The van der Waals surface area contributed by atoms with Gasteiger partial charge >= 0.3 is 0 Å². The first-order valence-corrected chi connectivity index (χ1v) is 13.0. The van der Waals surface area contributed by atoms with Crippen LogP contribution in [-0.2, 0) is 22.7 Å². The molecule has 4 aliphatic carbocycles. The molecule has 1 aromatic rings. The maximum Gasteiger partial charge on any atom is 0.139 e. The predicted molar refractivity (Wildman–Crippen MR) is 127 cm³/mol. The van der Waals surface area contributed by atoms with Gasteiger partial charge in [0.05, 0.1) is 11.4 Å². The molecule has 7 nitrogen and oxygen atoms in total. The number of unbranched alkanes of at least 4 members (excludes halogenated alkanes) is 1. The van der Waals surface area contributed by atoms with Crippen LogP contribution in [-0.4, -0.2) is 33.1 Å². The van der Waals surface area contributed by atoms with Crippen LogP contribution in [0, 0.1) is 28.6 Å². The summed E-state index contributed by atoms with van der Waals surface area (Å²) in [5.41, 5.74) is 9.31. The van der Waals surface area contributed by atoms with Crippen molar-refractivity contribution in [1.29, 1.82) is 0 Å². The first kappa shape index (κ1) is 22.8. The molecule has 3 fully saturated rings. The van der Waals surface area contributed by atoms with Crippen LogP contribution in [0.25, 0.3) is 0 Å². The summed E-state index contributed by atoms with van der Waals surface area (Å²) in [5.74, 6) is 2.59. The van der Waals surface area contributed by atoms with Crippen molar-refractivity contribution in [1.82, 2.24) is 15.0 Å². The molecule has 1 heterocycles. The molecule has 180 valence electrons. The number of ketones is 1. The molecular weight excluding hydrogens is 414 g/mol. The number of fused-ring (bicyclic) bond motifs is 5. The third kappa shape index (κ3) is 4.07. The van der Waals surface area contributed by atoms with E-state index < -0.39 is 0 Å². The van der Waals surface area contributed by atoms with E-state index in [1.165, 1.54) is 12.8 Å². The number of rotatable bonds is 7. The Bertz CT molecular complexity index is 952. The van der Waals surface area contributed by atoms with Crippen LogP contribution in [0.5, 0.6) is 0 Å². The largest absolute Gasteiger partial charge is 0.396 e. The lowest BCUT2D eigenvalue weighted by Gasteiger charge is -2.57. The number of hydrogen-bond donors (Lipinski definition) is 1. The van der Waals surface area contributed by atoms with E-state index in [4.69, 9.17) is 10.6 Å². The van der Waals surface area contributed by atoms with Crippen LogP contribution in [0.15, 0.2) is 23.0 Å². The number of hydrogen-bond acceptors (Lipinski definition) is 6. The molecule has 2 N–H and O–H groups in total. The Hall–Kier alpha value is -2.02. The fourth-order valence-electron chi connectivity index (χ4n) is 7.52. The maximum atomic E-state index is 12.6. The molecule has 0 amide bonds. The summed E-state index contributed by atoms with van der Waals surface area (Å²) in [4.78, 5) is 18.3. The summed E-state index contributed by atoms with van der Waals surface area (Å²) in [6.45, 7) is 6.64. The first-order valence-electron chi connectivity index (χ1n) is 13.0. The van der Waals surface area contributed by atoms with Gasteiger partial charge in [-0.15, -0.1) is 5.10 Å². The van der Waals surface area contributed by atoms with Crippen LogP contribution >= 0.6 is 0 Å². The summed E-state index contributed by atoms with van der Waals surface area (Å²) in [6.07, 6.45) is 14.9. The van der Waals surface area contributed by atoms with Crippen molar-refractivity contribution in [2.24, 2.45) is 39.5 Å². The Balaban J connectivity index is 1.15. The standard InChI is InChI=1S/C26H39N5O2/c1-25-11-9-19(29-33-14-4-3-13-31-17-20(16-27)28-30-31)15-18(25)5-6-21-22-7-8-24(32)26(22,2)12-10-23(21)25/h15,17,21-23H,3-14,16,27H2,1-2H3/t21?,22?,23?,25-,26-/m0/s1. The molecule has 0 saturated heterocycles. The maximum absolute atomic E-state index is 12.6. The molecule has 0 aromatic carbocycles. The zero-order valence-corrected chi connectivity index (χ0v) is 20.3. The van der Waals surface area contributed by atoms with Crippen molar-refractivity contribution in [3.63, 3.8) is 0 Å². The highest BCUT2D eigenvalue weighted by Crippen LogP contribution is 2.64.